The summed E-state index contributed by atoms with van der Waals surface area (Å²) in [4.78, 5) is 12.8. The molecule has 2 aromatic heterocycles. The molecule has 2 heterocycles. The zero-order valence-electron chi connectivity index (χ0n) is 17.0. The molecule has 31 heavy (non-hydrogen) atoms. The van der Waals surface area contributed by atoms with E-state index >= 15 is 0 Å². The van der Waals surface area contributed by atoms with Crippen LogP contribution in [0.5, 0.6) is 0 Å². The van der Waals surface area contributed by atoms with Crippen molar-refractivity contribution in [2.75, 3.05) is 0 Å². The van der Waals surface area contributed by atoms with Gasteiger partial charge in [-0.2, -0.15) is 13.2 Å². The molecule has 2 aromatic carbocycles. The molecule has 0 spiro atoms. The summed E-state index contributed by atoms with van der Waals surface area (Å²) in [5, 5.41) is 1.25. The molecule has 6 heteroatoms. The Kier molecular flexibility index (Phi) is 4.54. The first-order valence-electron chi connectivity index (χ1n) is 10.3. The van der Waals surface area contributed by atoms with Gasteiger partial charge in [-0.1, -0.05) is 18.2 Å². The van der Waals surface area contributed by atoms with Crippen LogP contribution < -0.4 is 5.56 Å². The highest BCUT2D eigenvalue weighted by Gasteiger charge is 2.30. The van der Waals surface area contributed by atoms with E-state index in [1.54, 1.807) is 16.8 Å². The SMILES string of the molecule is Cn1c2c(c3ccc(-n4ccc(-c5ccc(C(F)(F)F)cc5)cc4=O)cc31)CCCC2. The quantitative estimate of drug-likeness (QED) is 0.396. The van der Waals surface area contributed by atoms with Crippen LogP contribution in [0.1, 0.15) is 29.7 Å². The summed E-state index contributed by atoms with van der Waals surface area (Å²) in [6.07, 6.45) is 1.88. The molecule has 4 aromatic rings. The molecule has 1 aliphatic rings. The normalized spacial score (nSPS) is 14.1. The number of hydrogen-bond donors (Lipinski definition) is 0. The Labute approximate surface area is 177 Å². The smallest absolute Gasteiger partial charge is 0.347 e. The minimum Gasteiger partial charge on any atom is -0.347 e. The van der Waals surface area contributed by atoms with Gasteiger partial charge in [0.15, 0.2) is 0 Å². The molecule has 0 amide bonds. The highest BCUT2D eigenvalue weighted by atomic mass is 19.4. The summed E-state index contributed by atoms with van der Waals surface area (Å²) < 4.78 is 42.2. The van der Waals surface area contributed by atoms with Crippen LogP contribution >= 0.6 is 0 Å². The fourth-order valence-electron chi connectivity index (χ4n) is 4.62. The van der Waals surface area contributed by atoms with Crippen molar-refractivity contribution in [3.05, 3.63) is 88.0 Å². The Morgan fingerprint density at radius 3 is 2.32 bits per heavy atom. The first-order valence-corrected chi connectivity index (χ1v) is 10.3. The van der Waals surface area contributed by atoms with Crippen LogP contribution in [0.3, 0.4) is 0 Å². The van der Waals surface area contributed by atoms with Crippen molar-refractivity contribution in [1.29, 1.82) is 0 Å². The third kappa shape index (κ3) is 3.36. The van der Waals surface area contributed by atoms with Gasteiger partial charge in [-0.05, 0) is 72.7 Å². The summed E-state index contributed by atoms with van der Waals surface area (Å²) in [5.74, 6) is 0. The molecular formula is C25H21F3N2O. The Morgan fingerprint density at radius 1 is 0.871 bits per heavy atom. The largest absolute Gasteiger partial charge is 0.416 e. The van der Waals surface area contributed by atoms with Crippen LogP contribution in [0.15, 0.2) is 65.6 Å². The van der Waals surface area contributed by atoms with E-state index in [2.05, 4.69) is 17.7 Å². The molecule has 3 nitrogen and oxygen atoms in total. The third-order valence-corrected chi connectivity index (χ3v) is 6.25. The van der Waals surface area contributed by atoms with Crippen molar-refractivity contribution in [2.24, 2.45) is 7.05 Å². The van der Waals surface area contributed by atoms with E-state index in [1.807, 2.05) is 12.1 Å². The van der Waals surface area contributed by atoms with Gasteiger partial charge in [-0.15, -0.1) is 0 Å². The van der Waals surface area contributed by atoms with Crippen molar-refractivity contribution in [2.45, 2.75) is 31.9 Å². The zero-order chi connectivity index (χ0) is 21.8. The van der Waals surface area contributed by atoms with Crippen LogP contribution in [0, 0.1) is 0 Å². The van der Waals surface area contributed by atoms with E-state index < -0.39 is 11.7 Å². The predicted molar refractivity (Wildman–Crippen MR) is 116 cm³/mol. The van der Waals surface area contributed by atoms with Gasteiger partial charge < -0.3 is 4.57 Å². The minimum absolute atomic E-state index is 0.226. The van der Waals surface area contributed by atoms with E-state index in [-0.39, 0.29) is 5.56 Å². The van der Waals surface area contributed by atoms with Crippen LogP contribution in [0.25, 0.3) is 27.7 Å². The van der Waals surface area contributed by atoms with Crippen LogP contribution in [-0.4, -0.2) is 9.13 Å². The second-order valence-corrected chi connectivity index (χ2v) is 8.09. The standard InChI is InChI=1S/C25H21F3N2O/c1-29-22-5-3-2-4-20(22)21-11-10-19(15-23(21)29)30-13-12-17(14-24(30)31)16-6-8-18(9-7-16)25(26,27)28/h6-15H,2-5H2,1H3. The molecule has 1 aliphatic carbocycles. The molecule has 0 atom stereocenters. The summed E-state index contributed by atoms with van der Waals surface area (Å²) in [7, 11) is 2.08. The molecule has 0 bridgehead atoms. The Morgan fingerprint density at radius 2 is 1.61 bits per heavy atom. The lowest BCUT2D eigenvalue weighted by Crippen LogP contribution is -2.16. The average Bonchev–Trinajstić information content (AvgIpc) is 3.05. The van der Waals surface area contributed by atoms with Gasteiger partial charge in [-0.25, -0.2) is 0 Å². The number of pyridine rings is 1. The van der Waals surface area contributed by atoms with Crippen molar-refractivity contribution >= 4 is 10.9 Å². The number of aromatic nitrogens is 2. The van der Waals surface area contributed by atoms with Gasteiger partial charge in [0.2, 0.25) is 0 Å². The summed E-state index contributed by atoms with van der Waals surface area (Å²) in [5.41, 5.74) is 4.91. The lowest BCUT2D eigenvalue weighted by molar-refractivity contribution is -0.137. The minimum atomic E-state index is -4.38. The fourth-order valence-corrected chi connectivity index (χ4v) is 4.62. The summed E-state index contributed by atoms with van der Waals surface area (Å²) >= 11 is 0. The van der Waals surface area contributed by atoms with Crippen molar-refractivity contribution in [3.8, 4) is 16.8 Å². The van der Waals surface area contributed by atoms with Gasteiger partial charge >= 0.3 is 6.18 Å². The number of halogens is 3. The number of alkyl halides is 3. The highest BCUT2D eigenvalue weighted by Crippen LogP contribution is 2.33. The molecule has 0 N–H and O–H groups in total. The van der Waals surface area contributed by atoms with E-state index in [0.717, 1.165) is 36.2 Å². The predicted octanol–water partition coefficient (Wildman–Crippen LogP) is 5.89. The molecule has 0 aliphatic heterocycles. The summed E-state index contributed by atoms with van der Waals surface area (Å²) in [6, 6.07) is 14.1. The molecule has 0 unspecified atom stereocenters. The molecule has 158 valence electrons. The summed E-state index contributed by atoms with van der Waals surface area (Å²) in [6.45, 7) is 0. The molecule has 0 saturated carbocycles. The maximum atomic E-state index is 12.8. The van der Waals surface area contributed by atoms with Crippen LogP contribution in [0.2, 0.25) is 0 Å². The first kappa shape index (κ1) is 19.7. The van der Waals surface area contributed by atoms with Crippen LogP contribution in [-0.2, 0) is 26.1 Å². The number of benzene rings is 2. The van der Waals surface area contributed by atoms with E-state index in [9.17, 15) is 18.0 Å². The van der Waals surface area contributed by atoms with Crippen molar-refractivity contribution in [3.63, 3.8) is 0 Å². The molecule has 0 radical (unpaired) electrons. The number of fused-ring (bicyclic) bond motifs is 3. The van der Waals surface area contributed by atoms with Gasteiger partial charge in [-0.3, -0.25) is 9.36 Å². The lowest BCUT2D eigenvalue weighted by atomic mass is 9.95. The first-order chi connectivity index (χ1) is 14.8. The van der Waals surface area contributed by atoms with Gasteiger partial charge in [0, 0.05) is 30.4 Å². The maximum Gasteiger partial charge on any atom is 0.416 e. The Bertz CT molecular complexity index is 1340. The number of rotatable bonds is 2. The van der Waals surface area contributed by atoms with Crippen LogP contribution in [0.4, 0.5) is 13.2 Å². The number of aryl methyl sites for hydroxylation is 2. The highest BCUT2D eigenvalue weighted by molar-refractivity contribution is 5.87. The lowest BCUT2D eigenvalue weighted by Gasteiger charge is -2.12. The molecule has 0 saturated heterocycles. The van der Waals surface area contributed by atoms with Crippen molar-refractivity contribution in [1.82, 2.24) is 9.13 Å². The third-order valence-electron chi connectivity index (χ3n) is 6.25. The van der Waals surface area contributed by atoms with E-state index in [4.69, 9.17) is 0 Å². The molecule has 0 fully saturated rings. The number of nitrogens with zero attached hydrogens (tertiary/aromatic N) is 2. The fraction of sp³-hybridized carbons (Fsp3) is 0.240. The monoisotopic (exact) mass is 422 g/mol. The zero-order valence-corrected chi connectivity index (χ0v) is 17.0. The molecule has 5 rings (SSSR count). The van der Waals surface area contributed by atoms with Crippen molar-refractivity contribution < 1.29 is 13.2 Å². The molecular weight excluding hydrogens is 401 g/mol. The van der Waals surface area contributed by atoms with Gasteiger partial charge in [0.05, 0.1) is 16.8 Å². The average molecular weight is 422 g/mol. The van der Waals surface area contributed by atoms with E-state index in [1.165, 1.54) is 47.7 Å². The van der Waals surface area contributed by atoms with E-state index in [0.29, 0.717) is 11.1 Å². The maximum absolute atomic E-state index is 12.8. The second kappa shape index (κ2) is 7.15. The topological polar surface area (TPSA) is 26.9 Å². The Hall–Kier alpha value is -3.28. The van der Waals surface area contributed by atoms with Gasteiger partial charge in [0.25, 0.3) is 5.56 Å². The van der Waals surface area contributed by atoms with Gasteiger partial charge in [0.1, 0.15) is 0 Å². The number of hydrogen-bond acceptors (Lipinski definition) is 1. The Balaban J connectivity index is 1.52. The second-order valence-electron chi connectivity index (χ2n) is 8.09.